The quantitative estimate of drug-likeness (QED) is 0.354. The van der Waals surface area contributed by atoms with Crippen LogP contribution in [0.15, 0.2) is 72.6 Å². The van der Waals surface area contributed by atoms with Crippen LogP contribution in [-0.4, -0.2) is 58.9 Å². The van der Waals surface area contributed by atoms with Gasteiger partial charge in [0.15, 0.2) is 0 Å². The molecule has 0 bridgehead atoms. The van der Waals surface area contributed by atoms with Gasteiger partial charge in [-0.3, -0.25) is 0 Å². The van der Waals surface area contributed by atoms with E-state index in [0.717, 1.165) is 24.3 Å². The zero-order valence-electron chi connectivity index (χ0n) is 20.8. The number of carbonyl (C=O) groups is 1. The van der Waals surface area contributed by atoms with Gasteiger partial charge in [0.1, 0.15) is 11.4 Å². The van der Waals surface area contributed by atoms with E-state index in [4.69, 9.17) is 5.11 Å². The first-order chi connectivity index (χ1) is 18.4. The number of halogens is 7. The maximum Gasteiger partial charge on any atom is 0.428 e. The van der Waals surface area contributed by atoms with Crippen molar-refractivity contribution in [2.75, 3.05) is 6.54 Å². The third kappa shape index (κ3) is 5.52. The lowest BCUT2D eigenvalue weighted by Crippen LogP contribution is -2.76. The van der Waals surface area contributed by atoms with Gasteiger partial charge in [0.2, 0.25) is 10.0 Å². The summed E-state index contributed by atoms with van der Waals surface area (Å²) in [6.45, 7) is 0.342. The number of benzene rings is 2. The van der Waals surface area contributed by atoms with Crippen LogP contribution in [0.3, 0.4) is 0 Å². The molecule has 2 aromatic carbocycles. The van der Waals surface area contributed by atoms with Gasteiger partial charge in [-0.25, -0.2) is 17.6 Å². The van der Waals surface area contributed by atoms with Gasteiger partial charge in [0.05, 0.1) is 11.3 Å². The van der Waals surface area contributed by atoms with Crippen LogP contribution in [0.2, 0.25) is 0 Å². The Bertz CT molecular complexity index is 1390. The maximum absolute atomic E-state index is 15.6. The van der Waals surface area contributed by atoms with Gasteiger partial charge in [-0.2, -0.15) is 30.6 Å². The molecule has 2 N–H and O–H groups in total. The largest absolute Gasteiger partial charge is 0.478 e. The topological polar surface area (TPSA) is 94.9 Å². The summed E-state index contributed by atoms with van der Waals surface area (Å²) >= 11 is 0. The van der Waals surface area contributed by atoms with Gasteiger partial charge in [0, 0.05) is 18.5 Å². The van der Waals surface area contributed by atoms with E-state index in [-0.39, 0.29) is 39.1 Å². The summed E-state index contributed by atoms with van der Waals surface area (Å²) in [5.74, 6) is -4.02. The average Bonchev–Trinajstić information content (AvgIpc) is 2.85. The van der Waals surface area contributed by atoms with Crippen LogP contribution in [-0.2, 0) is 15.8 Å². The molecule has 0 spiro atoms. The molecule has 0 radical (unpaired) electrons. The first-order valence-corrected chi connectivity index (χ1v) is 13.3. The summed E-state index contributed by atoms with van der Waals surface area (Å²) < 4.78 is 128. The number of rotatable bonds is 9. The summed E-state index contributed by atoms with van der Waals surface area (Å²) in [6.07, 6.45) is -14.2. The number of carboxylic acids is 1. The van der Waals surface area contributed by atoms with E-state index in [2.05, 4.69) is 0 Å². The second-order valence-electron chi connectivity index (χ2n) is 9.16. The van der Waals surface area contributed by atoms with Crippen molar-refractivity contribution in [2.45, 2.75) is 49.0 Å². The summed E-state index contributed by atoms with van der Waals surface area (Å²) in [5, 5.41) is 19.6. The molecule has 6 nitrogen and oxygen atoms in total. The third-order valence-electron chi connectivity index (χ3n) is 6.53. The van der Waals surface area contributed by atoms with Crippen LogP contribution in [0.1, 0.15) is 41.3 Å². The van der Waals surface area contributed by atoms with E-state index in [1.165, 1.54) is 31.2 Å². The molecule has 0 saturated heterocycles. The molecule has 1 aliphatic carbocycles. The summed E-state index contributed by atoms with van der Waals surface area (Å²) in [4.78, 5) is 11.1. The Kier molecular flexibility index (Phi) is 8.59. The smallest absolute Gasteiger partial charge is 0.428 e. The molecule has 0 fully saturated rings. The lowest BCUT2D eigenvalue weighted by Gasteiger charge is -2.52. The van der Waals surface area contributed by atoms with Gasteiger partial charge in [-0.1, -0.05) is 61.5 Å². The number of hydrogen-bond donors (Lipinski definition) is 2. The van der Waals surface area contributed by atoms with Crippen molar-refractivity contribution in [1.29, 1.82) is 0 Å². The predicted molar refractivity (Wildman–Crippen MR) is 131 cm³/mol. The Hall–Kier alpha value is -3.23. The minimum Gasteiger partial charge on any atom is -0.478 e. The van der Waals surface area contributed by atoms with Crippen molar-refractivity contribution in [3.8, 4) is 0 Å². The van der Waals surface area contributed by atoms with E-state index in [9.17, 15) is 44.7 Å². The van der Waals surface area contributed by atoms with Gasteiger partial charge < -0.3 is 10.2 Å². The molecule has 1 unspecified atom stereocenters. The lowest BCUT2D eigenvalue weighted by atomic mass is 9.71. The number of alkyl halides is 6. The van der Waals surface area contributed by atoms with Crippen molar-refractivity contribution < 1.29 is 54.2 Å². The minimum atomic E-state index is -6.50. The fraction of sp³-hybridized carbons (Fsp3) is 0.346. The van der Waals surface area contributed by atoms with Crippen molar-refractivity contribution in [2.24, 2.45) is 0 Å². The van der Waals surface area contributed by atoms with E-state index < -0.39 is 64.0 Å². The molecule has 0 saturated carbocycles. The monoisotopic (exact) mass is 595 g/mol. The molecular formula is C26H24F7NO5S. The molecule has 0 amide bonds. The molecule has 0 heterocycles. The van der Waals surface area contributed by atoms with E-state index in [1.54, 1.807) is 6.07 Å². The molecule has 0 aliphatic heterocycles. The first-order valence-electron chi connectivity index (χ1n) is 11.7. The Labute approximate surface area is 225 Å². The van der Waals surface area contributed by atoms with Gasteiger partial charge in [0.25, 0.3) is 5.60 Å². The van der Waals surface area contributed by atoms with Crippen LogP contribution < -0.4 is 0 Å². The number of aliphatic hydroxyl groups is 1. The maximum atomic E-state index is 15.6. The highest BCUT2D eigenvalue weighted by Crippen LogP contribution is 2.56. The Balaban J connectivity index is 2.27. The molecule has 218 valence electrons. The van der Waals surface area contributed by atoms with Crippen molar-refractivity contribution in [3.05, 3.63) is 89.3 Å². The fourth-order valence-corrected chi connectivity index (χ4v) is 6.63. The van der Waals surface area contributed by atoms with Crippen molar-refractivity contribution >= 4 is 21.6 Å². The van der Waals surface area contributed by atoms with Crippen LogP contribution >= 0.6 is 0 Å². The minimum absolute atomic E-state index is 0.107. The number of nitrogens with zero attached hydrogens (tertiary/aromatic N) is 1. The SMILES string of the molecule is CCCN(C1(C(O)(C(F)(F)F)C(F)(F)F)C=CC(c2ccccc2)=C(F)C1)S(=O)(=O)Cc1ccc(C(=O)O)cc1. The molecule has 0 aromatic heterocycles. The van der Waals surface area contributed by atoms with E-state index >= 15 is 4.39 Å². The second kappa shape index (κ2) is 11.0. The highest BCUT2D eigenvalue weighted by Gasteiger charge is 2.81. The lowest BCUT2D eigenvalue weighted by molar-refractivity contribution is -0.392. The predicted octanol–water partition coefficient (Wildman–Crippen LogP) is 5.86. The summed E-state index contributed by atoms with van der Waals surface area (Å²) in [5.41, 5.74) is -10.3. The third-order valence-corrected chi connectivity index (χ3v) is 8.41. The number of hydrogen-bond acceptors (Lipinski definition) is 4. The Morgan fingerprint density at radius 3 is 1.98 bits per heavy atom. The zero-order valence-corrected chi connectivity index (χ0v) is 21.6. The van der Waals surface area contributed by atoms with Crippen LogP contribution in [0.5, 0.6) is 0 Å². The molecule has 1 aliphatic rings. The molecule has 40 heavy (non-hydrogen) atoms. The van der Waals surface area contributed by atoms with Crippen LogP contribution in [0.25, 0.3) is 5.57 Å². The molecule has 3 rings (SSSR count). The standard InChI is InChI=1S/C26H24F7NO5S/c1-2-14-34(40(38,39)16-17-8-10-19(11-9-17)22(35)36)23(24(37,25(28,29)30)26(31,32)33)13-12-20(21(27)15-23)18-6-4-3-5-7-18/h3-13,37H,2,14-16H2,1H3,(H,35,36). The fourth-order valence-electron chi connectivity index (χ4n) is 4.65. The summed E-state index contributed by atoms with van der Waals surface area (Å²) in [7, 11) is -5.15. The van der Waals surface area contributed by atoms with Crippen LogP contribution in [0.4, 0.5) is 30.7 Å². The normalized spacial score (nSPS) is 18.9. The van der Waals surface area contributed by atoms with E-state index in [0.29, 0.717) is 6.08 Å². The molecule has 1 atom stereocenters. The zero-order chi connectivity index (χ0) is 30.1. The number of aromatic carboxylic acids is 1. The van der Waals surface area contributed by atoms with Gasteiger partial charge in [-0.05, 0) is 29.7 Å². The Morgan fingerprint density at radius 1 is 0.975 bits per heavy atom. The number of carboxylic acid groups (broad SMARTS) is 1. The Morgan fingerprint density at radius 2 is 1.52 bits per heavy atom. The van der Waals surface area contributed by atoms with Crippen LogP contribution in [0, 0.1) is 0 Å². The van der Waals surface area contributed by atoms with E-state index in [1.807, 2.05) is 0 Å². The second-order valence-corrected chi connectivity index (χ2v) is 11.0. The number of sulfonamides is 1. The van der Waals surface area contributed by atoms with Gasteiger partial charge in [-0.15, -0.1) is 0 Å². The molecule has 2 aromatic rings. The first kappa shape index (κ1) is 31.3. The highest BCUT2D eigenvalue weighted by atomic mass is 32.2. The highest BCUT2D eigenvalue weighted by molar-refractivity contribution is 7.88. The van der Waals surface area contributed by atoms with Crippen molar-refractivity contribution in [1.82, 2.24) is 4.31 Å². The number of allylic oxidation sites excluding steroid dienone is 2. The molecule has 14 heteroatoms. The average molecular weight is 596 g/mol. The van der Waals surface area contributed by atoms with Gasteiger partial charge >= 0.3 is 18.3 Å². The summed E-state index contributed by atoms with van der Waals surface area (Å²) in [6, 6.07) is 11.2. The molecular weight excluding hydrogens is 571 g/mol. The van der Waals surface area contributed by atoms with Crippen molar-refractivity contribution in [3.63, 3.8) is 0 Å².